The third kappa shape index (κ3) is 3.39. The highest BCUT2D eigenvalue weighted by Crippen LogP contribution is 2.15. The van der Waals surface area contributed by atoms with E-state index in [1.807, 2.05) is 9.97 Å². The lowest BCUT2D eigenvalue weighted by molar-refractivity contribution is 0.102. The van der Waals surface area contributed by atoms with Crippen molar-refractivity contribution >= 4 is 17.3 Å². The number of hydrogen-bond donors (Lipinski definition) is 7. The summed E-state index contributed by atoms with van der Waals surface area (Å²) in [5.41, 5.74) is 6.85. The molecular formula is C13H14N6O4. The maximum atomic E-state index is 12.1. The second-order valence-corrected chi connectivity index (χ2v) is 4.39. The van der Waals surface area contributed by atoms with Crippen molar-refractivity contribution in [2.75, 3.05) is 5.32 Å². The van der Waals surface area contributed by atoms with Crippen molar-refractivity contribution in [2.45, 2.75) is 0 Å². The summed E-state index contributed by atoms with van der Waals surface area (Å²) < 4.78 is 0. The van der Waals surface area contributed by atoms with Crippen molar-refractivity contribution < 1.29 is 9.90 Å². The van der Waals surface area contributed by atoms with E-state index in [0.717, 1.165) is 0 Å². The zero-order valence-electron chi connectivity index (χ0n) is 11.7. The topological polar surface area (TPSA) is 179 Å². The fraction of sp³-hybridized carbons (Fsp3) is 0. The molecule has 0 aliphatic rings. The van der Waals surface area contributed by atoms with Gasteiger partial charge in [0.1, 0.15) is 0 Å². The molecule has 1 heterocycles. The second kappa shape index (κ2) is 6.49. The number of rotatable bonds is 4. The van der Waals surface area contributed by atoms with E-state index in [1.54, 1.807) is 12.1 Å². The fourth-order valence-corrected chi connectivity index (χ4v) is 1.80. The van der Waals surface area contributed by atoms with Gasteiger partial charge in [-0.25, -0.2) is 4.79 Å². The molecular weight excluding hydrogens is 304 g/mol. The van der Waals surface area contributed by atoms with Gasteiger partial charge in [-0.2, -0.15) is 0 Å². The SMILES string of the molecule is N/C=C(\NN)c1ccc(C(=O)Nc2c(O)[nH]c(=O)[nH]c2=O)cc1. The molecule has 9 N–H and O–H groups in total. The van der Waals surface area contributed by atoms with Crippen LogP contribution in [-0.4, -0.2) is 21.0 Å². The molecule has 2 aromatic rings. The zero-order chi connectivity index (χ0) is 17.0. The normalized spacial score (nSPS) is 11.1. The lowest BCUT2D eigenvalue weighted by Crippen LogP contribution is -2.27. The van der Waals surface area contributed by atoms with Gasteiger partial charge in [0, 0.05) is 17.3 Å². The van der Waals surface area contributed by atoms with Crippen LogP contribution in [0.25, 0.3) is 5.70 Å². The van der Waals surface area contributed by atoms with Gasteiger partial charge in [-0.3, -0.25) is 25.4 Å². The molecule has 0 atom stereocenters. The van der Waals surface area contributed by atoms with E-state index in [1.165, 1.54) is 18.3 Å². The minimum absolute atomic E-state index is 0.215. The molecule has 0 bridgehead atoms. The van der Waals surface area contributed by atoms with Gasteiger partial charge in [0.15, 0.2) is 5.69 Å². The molecule has 120 valence electrons. The standard InChI is InChI=1S/C13H14N6O4/c14-5-8(19-15)6-1-3-7(4-2-6)10(20)16-9-11(21)17-13(23)18-12(9)22/h1-5,19H,14-15H2,(H,16,20)(H3,17,18,21,22,23)/b8-5-. The summed E-state index contributed by atoms with van der Waals surface area (Å²) in [6.45, 7) is 0. The van der Waals surface area contributed by atoms with Crippen molar-refractivity contribution in [3.05, 3.63) is 62.4 Å². The third-order valence-electron chi connectivity index (χ3n) is 2.94. The molecule has 0 aliphatic carbocycles. The van der Waals surface area contributed by atoms with Crippen molar-refractivity contribution in [3.63, 3.8) is 0 Å². The highest BCUT2D eigenvalue weighted by atomic mass is 16.3. The van der Waals surface area contributed by atoms with Gasteiger partial charge < -0.3 is 21.6 Å². The van der Waals surface area contributed by atoms with Crippen LogP contribution in [0.2, 0.25) is 0 Å². The summed E-state index contributed by atoms with van der Waals surface area (Å²) in [4.78, 5) is 38.4. The van der Waals surface area contributed by atoms with E-state index in [0.29, 0.717) is 11.3 Å². The maximum absolute atomic E-state index is 12.1. The predicted molar refractivity (Wildman–Crippen MR) is 83.2 cm³/mol. The van der Waals surface area contributed by atoms with Gasteiger partial charge in [-0.15, -0.1) is 0 Å². The van der Waals surface area contributed by atoms with E-state index in [9.17, 15) is 19.5 Å². The molecule has 0 saturated heterocycles. The summed E-state index contributed by atoms with van der Waals surface area (Å²) in [6, 6.07) is 6.12. The fourth-order valence-electron chi connectivity index (χ4n) is 1.80. The smallest absolute Gasteiger partial charge is 0.328 e. The molecule has 10 nitrogen and oxygen atoms in total. The number of benzene rings is 1. The summed E-state index contributed by atoms with van der Waals surface area (Å²) in [5.74, 6) is 3.91. The summed E-state index contributed by atoms with van der Waals surface area (Å²) >= 11 is 0. The Morgan fingerprint density at radius 1 is 1.13 bits per heavy atom. The number of aromatic nitrogens is 2. The van der Waals surface area contributed by atoms with Gasteiger partial charge in [0.05, 0.1) is 5.70 Å². The number of H-pyrrole nitrogens is 2. The number of nitrogens with two attached hydrogens (primary N) is 2. The first-order chi connectivity index (χ1) is 11.0. The number of hydrogen-bond acceptors (Lipinski definition) is 7. The quantitative estimate of drug-likeness (QED) is 0.271. The third-order valence-corrected chi connectivity index (χ3v) is 2.94. The number of aromatic amines is 2. The first kappa shape index (κ1) is 15.9. The van der Waals surface area contributed by atoms with Gasteiger partial charge in [-0.05, 0) is 12.1 Å². The first-order valence-corrected chi connectivity index (χ1v) is 6.32. The minimum atomic E-state index is -0.920. The van der Waals surface area contributed by atoms with Crippen LogP contribution in [0.15, 0.2) is 40.1 Å². The van der Waals surface area contributed by atoms with Crippen molar-refractivity contribution in [3.8, 4) is 5.88 Å². The Kier molecular flexibility index (Phi) is 4.47. The van der Waals surface area contributed by atoms with Crippen LogP contribution in [0.5, 0.6) is 5.88 Å². The highest BCUT2D eigenvalue weighted by molar-refractivity contribution is 6.04. The molecule has 0 aliphatic heterocycles. The Balaban J connectivity index is 2.25. The number of amides is 1. The van der Waals surface area contributed by atoms with Crippen LogP contribution in [0.3, 0.4) is 0 Å². The Hall–Kier alpha value is -3.53. The molecule has 1 aromatic carbocycles. The summed E-state index contributed by atoms with van der Waals surface area (Å²) in [5, 5.41) is 11.7. The van der Waals surface area contributed by atoms with Crippen LogP contribution in [0, 0.1) is 0 Å². The van der Waals surface area contributed by atoms with Crippen molar-refractivity contribution in [1.82, 2.24) is 15.4 Å². The Morgan fingerprint density at radius 3 is 2.26 bits per heavy atom. The largest absolute Gasteiger partial charge is 0.493 e. The van der Waals surface area contributed by atoms with Gasteiger partial charge in [-0.1, -0.05) is 12.1 Å². The Labute approximate surface area is 128 Å². The van der Waals surface area contributed by atoms with Gasteiger partial charge >= 0.3 is 5.69 Å². The van der Waals surface area contributed by atoms with Crippen LogP contribution in [-0.2, 0) is 0 Å². The number of nitrogens with one attached hydrogen (secondary N) is 4. The lowest BCUT2D eigenvalue weighted by atomic mass is 10.1. The molecule has 2 rings (SSSR count). The van der Waals surface area contributed by atoms with E-state index in [4.69, 9.17) is 11.6 Å². The molecule has 0 radical (unpaired) electrons. The van der Waals surface area contributed by atoms with Crippen molar-refractivity contribution in [1.29, 1.82) is 0 Å². The van der Waals surface area contributed by atoms with Crippen LogP contribution in [0.4, 0.5) is 5.69 Å². The van der Waals surface area contributed by atoms with E-state index in [2.05, 4.69) is 10.7 Å². The van der Waals surface area contributed by atoms with Crippen LogP contribution in [0.1, 0.15) is 15.9 Å². The molecule has 23 heavy (non-hydrogen) atoms. The number of anilines is 1. The zero-order valence-corrected chi connectivity index (χ0v) is 11.7. The number of carbonyl (C=O) groups is 1. The molecule has 0 spiro atoms. The van der Waals surface area contributed by atoms with E-state index < -0.39 is 28.7 Å². The molecule has 0 saturated carbocycles. The van der Waals surface area contributed by atoms with Crippen molar-refractivity contribution in [2.24, 2.45) is 11.6 Å². The van der Waals surface area contributed by atoms with Crippen LogP contribution < -0.4 is 33.6 Å². The molecule has 1 amide bonds. The highest BCUT2D eigenvalue weighted by Gasteiger charge is 2.13. The Bertz CT molecular complexity index is 865. The maximum Gasteiger partial charge on any atom is 0.328 e. The predicted octanol–water partition coefficient (Wildman–Crippen LogP) is -1.26. The molecule has 0 unspecified atom stereocenters. The minimum Gasteiger partial charge on any atom is -0.493 e. The Morgan fingerprint density at radius 2 is 1.74 bits per heavy atom. The summed E-state index contributed by atoms with van der Waals surface area (Å²) in [7, 11) is 0. The van der Waals surface area contributed by atoms with Gasteiger partial charge in [0.25, 0.3) is 11.5 Å². The average molecular weight is 318 g/mol. The number of aromatic hydroxyl groups is 1. The molecule has 0 fully saturated rings. The first-order valence-electron chi connectivity index (χ1n) is 6.32. The van der Waals surface area contributed by atoms with E-state index in [-0.39, 0.29) is 5.56 Å². The number of carbonyl (C=O) groups excluding carboxylic acids is 1. The second-order valence-electron chi connectivity index (χ2n) is 4.39. The molecule has 10 heteroatoms. The van der Waals surface area contributed by atoms with Crippen LogP contribution >= 0.6 is 0 Å². The van der Waals surface area contributed by atoms with Gasteiger partial charge in [0.2, 0.25) is 5.88 Å². The number of hydrazine groups is 1. The molecule has 1 aromatic heterocycles. The van der Waals surface area contributed by atoms with E-state index >= 15 is 0 Å². The summed E-state index contributed by atoms with van der Waals surface area (Å²) in [6.07, 6.45) is 1.27. The average Bonchev–Trinajstić information content (AvgIpc) is 2.52. The lowest BCUT2D eigenvalue weighted by Gasteiger charge is -2.08. The monoisotopic (exact) mass is 318 g/mol.